The molecule has 0 saturated carbocycles. The molecule has 0 saturated heterocycles. The molecule has 1 atom stereocenters. The fourth-order valence-corrected chi connectivity index (χ4v) is 2.83. The number of aryl methyl sites for hydroxylation is 2. The Balaban J connectivity index is 1.99. The van der Waals surface area contributed by atoms with Crippen molar-refractivity contribution in [1.82, 2.24) is 0 Å². The monoisotopic (exact) mass is 280 g/mol. The predicted octanol–water partition coefficient (Wildman–Crippen LogP) is 3.35. The van der Waals surface area contributed by atoms with E-state index in [1.807, 2.05) is 54.3 Å². The first-order chi connectivity index (χ1) is 10.1. The van der Waals surface area contributed by atoms with Crippen molar-refractivity contribution < 1.29 is 4.79 Å². The number of rotatable bonds is 1. The van der Waals surface area contributed by atoms with Crippen LogP contribution < -0.4 is 10.6 Å². The number of carbonyl (C=O) groups excluding carboxylic acids is 1. The molecule has 108 valence electrons. The van der Waals surface area contributed by atoms with E-state index in [1.54, 1.807) is 0 Å². The van der Waals surface area contributed by atoms with Gasteiger partial charge in [-0.3, -0.25) is 4.79 Å². The fourth-order valence-electron chi connectivity index (χ4n) is 2.83. The maximum atomic E-state index is 12.8. The van der Waals surface area contributed by atoms with Gasteiger partial charge in [-0.2, -0.15) is 0 Å². The number of nitrogens with zero attached hydrogens (tertiary/aromatic N) is 1. The van der Waals surface area contributed by atoms with E-state index in [0.717, 1.165) is 28.8 Å². The number of fused-ring (bicyclic) bond motifs is 1. The van der Waals surface area contributed by atoms with E-state index in [2.05, 4.69) is 6.92 Å². The third-order valence-corrected chi connectivity index (χ3v) is 4.29. The van der Waals surface area contributed by atoms with Crippen LogP contribution in [0, 0.1) is 13.8 Å². The van der Waals surface area contributed by atoms with Gasteiger partial charge < -0.3 is 10.6 Å². The molecule has 0 aromatic heterocycles. The van der Waals surface area contributed by atoms with Crippen LogP contribution in [-0.4, -0.2) is 12.5 Å². The standard InChI is InChI=1S/C18H20N2O/c1-12-7-8-14(11-13(12)2)18(21)20-10-9-16(19)15-5-3-4-6-17(15)20/h3-8,11,16H,9-10,19H2,1-2H3. The van der Waals surface area contributed by atoms with Gasteiger partial charge in [0.2, 0.25) is 0 Å². The first-order valence-electron chi connectivity index (χ1n) is 7.31. The summed E-state index contributed by atoms with van der Waals surface area (Å²) >= 11 is 0. The minimum atomic E-state index is 0.0185. The van der Waals surface area contributed by atoms with Gasteiger partial charge in [0.25, 0.3) is 5.91 Å². The maximum Gasteiger partial charge on any atom is 0.258 e. The number of hydrogen-bond acceptors (Lipinski definition) is 2. The second-order valence-corrected chi connectivity index (χ2v) is 5.71. The van der Waals surface area contributed by atoms with Crippen LogP contribution in [0.3, 0.4) is 0 Å². The van der Waals surface area contributed by atoms with E-state index in [1.165, 1.54) is 5.56 Å². The van der Waals surface area contributed by atoms with Crippen LogP contribution in [0.25, 0.3) is 0 Å². The highest BCUT2D eigenvalue weighted by Gasteiger charge is 2.27. The summed E-state index contributed by atoms with van der Waals surface area (Å²) < 4.78 is 0. The van der Waals surface area contributed by atoms with Crippen LogP contribution in [0.1, 0.15) is 39.5 Å². The van der Waals surface area contributed by atoms with Gasteiger partial charge in [-0.25, -0.2) is 0 Å². The zero-order valence-electron chi connectivity index (χ0n) is 12.5. The molecule has 2 N–H and O–H groups in total. The Morgan fingerprint density at radius 2 is 1.90 bits per heavy atom. The van der Waals surface area contributed by atoms with Gasteiger partial charge in [0.05, 0.1) is 0 Å². The lowest BCUT2D eigenvalue weighted by Gasteiger charge is -2.32. The molecule has 1 aliphatic heterocycles. The topological polar surface area (TPSA) is 46.3 Å². The Bertz CT molecular complexity index is 693. The van der Waals surface area contributed by atoms with Crippen molar-refractivity contribution in [1.29, 1.82) is 0 Å². The summed E-state index contributed by atoms with van der Waals surface area (Å²) in [6.45, 7) is 4.76. The number of nitrogens with two attached hydrogens (primary N) is 1. The molecule has 0 radical (unpaired) electrons. The lowest BCUT2D eigenvalue weighted by Crippen LogP contribution is -2.38. The molecular weight excluding hydrogens is 260 g/mol. The zero-order chi connectivity index (χ0) is 15.0. The summed E-state index contributed by atoms with van der Waals surface area (Å²) in [5.41, 5.74) is 11.2. The molecule has 2 aromatic carbocycles. The van der Waals surface area contributed by atoms with Crippen molar-refractivity contribution in [2.24, 2.45) is 5.73 Å². The second-order valence-electron chi connectivity index (χ2n) is 5.71. The summed E-state index contributed by atoms with van der Waals surface area (Å²) in [4.78, 5) is 14.7. The quantitative estimate of drug-likeness (QED) is 0.870. The van der Waals surface area contributed by atoms with Crippen molar-refractivity contribution in [3.8, 4) is 0 Å². The lowest BCUT2D eigenvalue weighted by atomic mass is 9.96. The van der Waals surface area contributed by atoms with Gasteiger partial charge in [-0.15, -0.1) is 0 Å². The van der Waals surface area contributed by atoms with Crippen LogP contribution in [0.5, 0.6) is 0 Å². The summed E-state index contributed by atoms with van der Waals surface area (Å²) in [5.74, 6) is 0.0532. The van der Waals surface area contributed by atoms with Crippen LogP contribution in [0.4, 0.5) is 5.69 Å². The van der Waals surface area contributed by atoms with Gasteiger partial charge in [-0.05, 0) is 55.2 Å². The van der Waals surface area contributed by atoms with Crippen LogP contribution in [0.2, 0.25) is 0 Å². The predicted molar refractivity (Wildman–Crippen MR) is 85.6 cm³/mol. The molecule has 0 fully saturated rings. The maximum absolute atomic E-state index is 12.8. The van der Waals surface area contributed by atoms with Crippen LogP contribution in [0.15, 0.2) is 42.5 Å². The molecule has 1 aliphatic rings. The summed E-state index contributed by atoms with van der Waals surface area (Å²) in [5, 5.41) is 0. The third-order valence-electron chi connectivity index (χ3n) is 4.29. The van der Waals surface area contributed by atoms with Gasteiger partial charge in [-0.1, -0.05) is 24.3 Å². The number of para-hydroxylation sites is 1. The van der Waals surface area contributed by atoms with E-state index in [9.17, 15) is 4.79 Å². The Morgan fingerprint density at radius 1 is 1.14 bits per heavy atom. The average Bonchev–Trinajstić information content (AvgIpc) is 2.50. The van der Waals surface area contributed by atoms with Crippen LogP contribution >= 0.6 is 0 Å². The van der Waals surface area contributed by atoms with E-state index in [4.69, 9.17) is 5.73 Å². The minimum Gasteiger partial charge on any atom is -0.324 e. The molecule has 2 aromatic rings. The molecule has 0 aliphatic carbocycles. The number of amides is 1. The Hall–Kier alpha value is -2.13. The van der Waals surface area contributed by atoms with Crippen molar-refractivity contribution in [3.05, 3.63) is 64.7 Å². The van der Waals surface area contributed by atoms with Gasteiger partial charge in [0.1, 0.15) is 0 Å². The highest BCUT2D eigenvalue weighted by atomic mass is 16.2. The summed E-state index contributed by atoms with van der Waals surface area (Å²) in [6, 6.07) is 13.8. The summed E-state index contributed by atoms with van der Waals surface area (Å²) in [6.07, 6.45) is 0.799. The van der Waals surface area contributed by atoms with Gasteiger partial charge in [0, 0.05) is 23.8 Å². The second kappa shape index (κ2) is 5.34. The van der Waals surface area contributed by atoms with E-state index < -0.39 is 0 Å². The Morgan fingerprint density at radius 3 is 2.67 bits per heavy atom. The zero-order valence-corrected chi connectivity index (χ0v) is 12.5. The smallest absolute Gasteiger partial charge is 0.258 e. The Kier molecular flexibility index (Phi) is 3.52. The van der Waals surface area contributed by atoms with E-state index in [-0.39, 0.29) is 11.9 Å². The molecule has 3 rings (SSSR count). The van der Waals surface area contributed by atoms with Crippen molar-refractivity contribution >= 4 is 11.6 Å². The van der Waals surface area contributed by atoms with Gasteiger partial charge >= 0.3 is 0 Å². The van der Waals surface area contributed by atoms with Crippen molar-refractivity contribution in [3.63, 3.8) is 0 Å². The SMILES string of the molecule is Cc1ccc(C(=O)N2CCC(N)c3ccccc32)cc1C. The van der Waals surface area contributed by atoms with Crippen LogP contribution in [-0.2, 0) is 0 Å². The van der Waals surface area contributed by atoms with E-state index in [0.29, 0.717) is 6.54 Å². The largest absolute Gasteiger partial charge is 0.324 e. The minimum absolute atomic E-state index is 0.0185. The van der Waals surface area contributed by atoms with E-state index >= 15 is 0 Å². The number of carbonyl (C=O) groups is 1. The molecule has 1 unspecified atom stereocenters. The molecule has 1 heterocycles. The normalized spacial score (nSPS) is 17.5. The van der Waals surface area contributed by atoms with Gasteiger partial charge in [0.15, 0.2) is 0 Å². The highest BCUT2D eigenvalue weighted by molar-refractivity contribution is 6.07. The molecule has 0 bridgehead atoms. The molecule has 3 nitrogen and oxygen atoms in total. The first-order valence-corrected chi connectivity index (χ1v) is 7.31. The number of anilines is 1. The number of hydrogen-bond donors (Lipinski definition) is 1. The molecular formula is C18H20N2O. The highest BCUT2D eigenvalue weighted by Crippen LogP contribution is 2.33. The fraction of sp³-hybridized carbons (Fsp3) is 0.278. The average molecular weight is 280 g/mol. The van der Waals surface area contributed by atoms with Crippen molar-refractivity contribution in [2.75, 3.05) is 11.4 Å². The molecule has 1 amide bonds. The Labute approximate surface area is 125 Å². The first kappa shape index (κ1) is 13.8. The number of benzene rings is 2. The molecule has 0 spiro atoms. The molecule has 21 heavy (non-hydrogen) atoms. The summed E-state index contributed by atoms with van der Waals surface area (Å²) in [7, 11) is 0. The lowest BCUT2D eigenvalue weighted by molar-refractivity contribution is 0.0984. The van der Waals surface area contributed by atoms with Crippen molar-refractivity contribution in [2.45, 2.75) is 26.3 Å². The third kappa shape index (κ3) is 2.45. The molecule has 3 heteroatoms.